The molecule has 244 valence electrons. The van der Waals surface area contributed by atoms with Crippen LogP contribution in [-0.2, 0) is 0 Å². The predicted molar refractivity (Wildman–Crippen MR) is 225 cm³/mol. The molecule has 0 bridgehead atoms. The number of benzene rings is 9. The summed E-state index contributed by atoms with van der Waals surface area (Å²) in [7, 11) is 0. The minimum Gasteiger partial charge on any atom is -0.311 e. The third-order valence-corrected chi connectivity index (χ3v) is 11.5. The van der Waals surface area contributed by atoms with Gasteiger partial charge in [0.25, 0.3) is 0 Å². The number of fused-ring (bicyclic) bond motifs is 6. The monoisotopic (exact) mass is 679 g/mol. The van der Waals surface area contributed by atoms with Crippen LogP contribution in [0.1, 0.15) is 0 Å². The van der Waals surface area contributed by atoms with Gasteiger partial charge >= 0.3 is 0 Å². The van der Waals surface area contributed by atoms with Gasteiger partial charge in [0.1, 0.15) is 0 Å². The van der Waals surface area contributed by atoms with Crippen LogP contribution in [0.5, 0.6) is 0 Å². The lowest BCUT2D eigenvalue weighted by Crippen LogP contribution is -2.09. The summed E-state index contributed by atoms with van der Waals surface area (Å²) in [5.74, 6) is 0. The van der Waals surface area contributed by atoms with Gasteiger partial charge in [-0.15, -0.1) is 11.3 Å². The topological polar surface area (TPSA) is 3.24 Å². The molecule has 0 amide bonds. The molecule has 0 aliphatic carbocycles. The van der Waals surface area contributed by atoms with E-state index in [4.69, 9.17) is 0 Å². The normalized spacial score (nSPS) is 11.5. The molecule has 1 aromatic heterocycles. The van der Waals surface area contributed by atoms with Gasteiger partial charge in [-0.25, -0.2) is 0 Å². The fourth-order valence-corrected chi connectivity index (χ4v) is 8.96. The molecule has 1 nitrogen and oxygen atoms in total. The highest BCUT2D eigenvalue weighted by molar-refractivity contribution is 7.26. The molecule has 10 aromatic rings. The van der Waals surface area contributed by atoms with Crippen LogP contribution in [0.2, 0.25) is 0 Å². The van der Waals surface area contributed by atoms with Gasteiger partial charge in [-0.2, -0.15) is 0 Å². The van der Waals surface area contributed by atoms with E-state index in [1.54, 1.807) is 0 Å². The van der Waals surface area contributed by atoms with Gasteiger partial charge < -0.3 is 4.90 Å². The van der Waals surface area contributed by atoms with Crippen molar-refractivity contribution in [2.45, 2.75) is 0 Å². The van der Waals surface area contributed by atoms with Crippen molar-refractivity contribution in [3.8, 4) is 33.4 Å². The Balaban J connectivity index is 1.05. The Kier molecular flexibility index (Phi) is 7.41. The fourth-order valence-electron chi connectivity index (χ4n) is 7.73. The van der Waals surface area contributed by atoms with Crippen molar-refractivity contribution in [2.75, 3.05) is 4.90 Å². The Morgan fingerprint density at radius 1 is 0.288 bits per heavy atom. The SMILES string of the molecule is c1ccc(-c2ccc(N(c3ccc(-c4cccc5ccccc45)cc3)c3ccc(-c4cccc5c4ccc4c6ccccc6sc54)cc3)cc2)cc1. The maximum absolute atomic E-state index is 2.36. The highest BCUT2D eigenvalue weighted by Gasteiger charge is 2.16. The van der Waals surface area contributed by atoms with Crippen LogP contribution in [0.3, 0.4) is 0 Å². The molecule has 0 radical (unpaired) electrons. The summed E-state index contributed by atoms with van der Waals surface area (Å²) in [6.07, 6.45) is 0. The Morgan fingerprint density at radius 2 is 0.750 bits per heavy atom. The van der Waals surface area contributed by atoms with Crippen LogP contribution >= 0.6 is 11.3 Å². The van der Waals surface area contributed by atoms with Crippen molar-refractivity contribution in [3.63, 3.8) is 0 Å². The van der Waals surface area contributed by atoms with E-state index in [0.717, 1.165) is 17.1 Å². The van der Waals surface area contributed by atoms with Crippen LogP contribution < -0.4 is 4.90 Å². The molecule has 0 saturated carbocycles. The third kappa shape index (κ3) is 5.24. The molecule has 1 heterocycles. The molecule has 0 aliphatic heterocycles. The Morgan fingerprint density at radius 3 is 1.44 bits per heavy atom. The van der Waals surface area contributed by atoms with Crippen LogP contribution in [0, 0.1) is 0 Å². The number of nitrogens with zero attached hydrogens (tertiary/aromatic N) is 1. The van der Waals surface area contributed by atoms with Crippen molar-refractivity contribution < 1.29 is 0 Å². The number of anilines is 3. The van der Waals surface area contributed by atoms with Gasteiger partial charge in [-0.3, -0.25) is 0 Å². The summed E-state index contributed by atoms with van der Waals surface area (Å²) in [4.78, 5) is 2.36. The molecule has 0 spiro atoms. The fraction of sp³-hybridized carbons (Fsp3) is 0. The highest BCUT2D eigenvalue weighted by atomic mass is 32.1. The second-order valence-corrected chi connectivity index (χ2v) is 14.4. The standard InChI is InChI=1S/C50H33NS/c1-2-10-34(11-3-1)35-20-26-39(27-21-35)51(40-28-22-37(23-29-40)43-16-8-13-36-12-4-5-14-42(36)43)41-30-24-38(25-31-41)44-17-9-18-47-45(44)32-33-48-46-15-6-7-19-49(46)52-50(47)48/h1-33H. The van der Waals surface area contributed by atoms with Gasteiger partial charge in [0.2, 0.25) is 0 Å². The highest BCUT2D eigenvalue weighted by Crippen LogP contribution is 2.42. The molecule has 0 atom stereocenters. The number of hydrogen-bond acceptors (Lipinski definition) is 2. The van der Waals surface area contributed by atoms with Crippen molar-refractivity contribution in [2.24, 2.45) is 0 Å². The first-order valence-corrected chi connectivity index (χ1v) is 18.6. The zero-order chi connectivity index (χ0) is 34.4. The van der Waals surface area contributed by atoms with Gasteiger partial charge in [-0.05, 0) is 92.0 Å². The zero-order valence-electron chi connectivity index (χ0n) is 28.4. The molecule has 10 rings (SSSR count). The summed E-state index contributed by atoms with van der Waals surface area (Å²) in [6, 6.07) is 72.8. The van der Waals surface area contributed by atoms with E-state index >= 15 is 0 Å². The number of rotatable bonds is 6. The van der Waals surface area contributed by atoms with Gasteiger partial charge in [0.15, 0.2) is 0 Å². The Hall–Kier alpha value is -6.48. The van der Waals surface area contributed by atoms with Crippen LogP contribution in [0.4, 0.5) is 17.1 Å². The lowest BCUT2D eigenvalue weighted by molar-refractivity contribution is 1.28. The molecule has 0 saturated heterocycles. The average molecular weight is 680 g/mol. The van der Waals surface area contributed by atoms with Crippen molar-refractivity contribution in [1.82, 2.24) is 0 Å². The number of thiophene rings is 1. The minimum absolute atomic E-state index is 1.11. The summed E-state index contributed by atoms with van der Waals surface area (Å²) in [5, 5.41) is 7.78. The smallest absolute Gasteiger partial charge is 0.0462 e. The van der Waals surface area contributed by atoms with Crippen LogP contribution in [-0.4, -0.2) is 0 Å². The lowest BCUT2D eigenvalue weighted by Gasteiger charge is -2.26. The summed E-state index contributed by atoms with van der Waals surface area (Å²) < 4.78 is 2.69. The van der Waals surface area contributed by atoms with Crippen molar-refractivity contribution in [3.05, 3.63) is 200 Å². The third-order valence-electron chi connectivity index (χ3n) is 10.3. The minimum atomic E-state index is 1.11. The van der Waals surface area contributed by atoms with E-state index < -0.39 is 0 Å². The van der Waals surface area contributed by atoms with Crippen molar-refractivity contribution >= 4 is 70.1 Å². The van der Waals surface area contributed by atoms with E-state index in [0.29, 0.717) is 0 Å². The van der Waals surface area contributed by atoms with Crippen molar-refractivity contribution in [1.29, 1.82) is 0 Å². The molecule has 9 aromatic carbocycles. The molecule has 52 heavy (non-hydrogen) atoms. The first-order chi connectivity index (χ1) is 25.8. The maximum atomic E-state index is 2.36. The van der Waals surface area contributed by atoms with Gasteiger partial charge in [0.05, 0.1) is 0 Å². The van der Waals surface area contributed by atoms with Crippen LogP contribution in [0.25, 0.3) is 75.1 Å². The lowest BCUT2D eigenvalue weighted by atomic mass is 9.96. The summed E-state index contributed by atoms with van der Waals surface area (Å²) >= 11 is 1.89. The van der Waals surface area contributed by atoms with E-state index in [2.05, 4.69) is 205 Å². The van der Waals surface area contributed by atoms with E-state index in [9.17, 15) is 0 Å². The summed E-state index contributed by atoms with van der Waals surface area (Å²) in [5.41, 5.74) is 10.7. The molecule has 2 heteroatoms. The molecule has 0 N–H and O–H groups in total. The van der Waals surface area contributed by atoms with E-state index in [-0.39, 0.29) is 0 Å². The second-order valence-electron chi connectivity index (χ2n) is 13.3. The zero-order valence-corrected chi connectivity index (χ0v) is 29.2. The predicted octanol–water partition coefficient (Wildman–Crippen LogP) is 14.8. The first-order valence-electron chi connectivity index (χ1n) is 17.8. The molecule has 0 fully saturated rings. The summed E-state index contributed by atoms with van der Waals surface area (Å²) in [6.45, 7) is 0. The number of hydrogen-bond donors (Lipinski definition) is 0. The average Bonchev–Trinajstić information content (AvgIpc) is 3.61. The quantitative estimate of drug-likeness (QED) is 0.169. The molecule has 0 aliphatic rings. The van der Waals surface area contributed by atoms with Gasteiger partial charge in [-0.1, -0.05) is 158 Å². The van der Waals surface area contributed by atoms with Gasteiger partial charge in [0, 0.05) is 42.6 Å². The van der Waals surface area contributed by atoms with E-state index in [1.165, 1.54) is 75.1 Å². The second kappa shape index (κ2) is 12.7. The first kappa shape index (κ1) is 30.4. The Labute approximate surface area is 307 Å². The Bertz CT molecular complexity index is 2860. The molecular weight excluding hydrogens is 647 g/mol. The molecular formula is C50H33NS. The maximum Gasteiger partial charge on any atom is 0.0462 e. The van der Waals surface area contributed by atoms with E-state index in [1.807, 2.05) is 11.3 Å². The molecule has 0 unspecified atom stereocenters. The van der Waals surface area contributed by atoms with Crippen LogP contribution in [0.15, 0.2) is 200 Å². The largest absolute Gasteiger partial charge is 0.311 e.